The number of nitrogen functional groups attached to an aromatic ring is 1. The lowest BCUT2D eigenvalue weighted by molar-refractivity contribution is 0.295. The molecule has 0 bridgehead atoms. The number of likely N-dealkylation sites (N-methyl/N-ethyl adjacent to an activating group) is 1. The highest BCUT2D eigenvalue weighted by atomic mass is 32.2. The smallest absolute Gasteiger partial charge is 0.129 e. The van der Waals surface area contributed by atoms with E-state index in [9.17, 15) is 12.7 Å². The average molecular weight is 545 g/mol. The maximum absolute atomic E-state index is 14.4. The molecule has 0 unspecified atom stereocenters. The molecule has 0 amide bonds. The lowest BCUT2D eigenvalue weighted by Crippen LogP contribution is -2.30. The Morgan fingerprint density at radius 1 is 1.00 bits per heavy atom. The normalized spacial score (nSPS) is 15.2. The average Bonchev–Trinajstić information content (AvgIpc) is 3.00. The Balaban J connectivity index is 0.00000127. The number of benzene rings is 2. The number of halogens is 3. The summed E-state index contributed by atoms with van der Waals surface area (Å²) in [4.78, 5) is 4.93. The third kappa shape index (κ3) is 7.91. The van der Waals surface area contributed by atoms with Crippen molar-refractivity contribution in [3.05, 3.63) is 82.2 Å². The van der Waals surface area contributed by atoms with Gasteiger partial charge in [-0.2, -0.15) is 3.89 Å². The third-order valence-electron chi connectivity index (χ3n) is 6.98. The summed E-state index contributed by atoms with van der Waals surface area (Å²) in [6.45, 7) is 9.76. The second kappa shape index (κ2) is 13.9. The molecule has 1 fully saturated rings. The lowest BCUT2D eigenvalue weighted by atomic mass is 9.93. The van der Waals surface area contributed by atoms with Gasteiger partial charge in [0.2, 0.25) is 0 Å². The van der Waals surface area contributed by atoms with Crippen LogP contribution in [0.2, 0.25) is 0 Å². The second-order valence-corrected chi connectivity index (χ2v) is 10.4. The largest absolute Gasteiger partial charge is 0.399 e. The summed E-state index contributed by atoms with van der Waals surface area (Å²) < 4.78 is 40.2. The molecule has 1 aliphatic heterocycles. The van der Waals surface area contributed by atoms with Crippen molar-refractivity contribution in [2.45, 2.75) is 26.7 Å². The number of anilines is 1. The van der Waals surface area contributed by atoms with E-state index in [2.05, 4.69) is 54.6 Å². The maximum Gasteiger partial charge on any atom is 0.129 e. The zero-order valence-electron chi connectivity index (χ0n) is 23.0. The van der Waals surface area contributed by atoms with Crippen LogP contribution in [0.4, 0.5) is 18.4 Å². The van der Waals surface area contributed by atoms with Gasteiger partial charge in [-0.05, 0) is 86.9 Å². The van der Waals surface area contributed by atoms with Gasteiger partial charge in [0, 0.05) is 80.7 Å². The predicted molar refractivity (Wildman–Crippen MR) is 156 cm³/mol. The van der Waals surface area contributed by atoms with E-state index >= 15 is 0 Å². The Hall–Kier alpha value is -2.68. The van der Waals surface area contributed by atoms with Crippen LogP contribution in [0.1, 0.15) is 35.7 Å². The number of aromatic nitrogens is 1. The monoisotopic (exact) mass is 544 g/mol. The first-order valence-electron chi connectivity index (χ1n) is 12.8. The molecule has 2 N–H and O–H groups in total. The van der Waals surface area contributed by atoms with Gasteiger partial charge in [-0.1, -0.05) is 17.7 Å². The topological polar surface area (TPSA) is 37.4 Å². The van der Waals surface area contributed by atoms with Crippen molar-refractivity contribution in [2.75, 3.05) is 51.8 Å². The molecular weight excluding hydrogens is 505 g/mol. The minimum absolute atomic E-state index is 0.250. The van der Waals surface area contributed by atoms with E-state index in [1.807, 2.05) is 18.2 Å². The van der Waals surface area contributed by atoms with Gasteiger partial charge < -0.3 is 15.2 Å². The first-order chi connectivity index (χ1) is 18.1. The Bertz CT molecular complexity index is 1250. The van der Waals surface area contributed by atoms with Crippen molar-refractivity contribution in [3.8, 4) is 11.1 Å². The molecular formula is C30H39F3N4S. The molecule has 1 aromatic heterocycles. The molecule has 2 heterocycles. The predicted octanol–water partition coefficient (Wildman–Crippen LogP) is 6.73. The molecule has 1 saturated heterocycles. The standard InChI is InChI=1S/C29H36F2N4.CH3FS/c1-20(18-35-11-5-10-33(3)12-13-35)14-29-21(2)27(19-34(29)4)26-17-25(32)9-7-22(26)15-23-6-8-24(30)16-28(23)31;1-3-2/h6-9,14,16-17,19H,5,10-13,15,18,32H2,1-4H3;1H3/b20-14+;. The SMILES string of the molecule is C/C(=C\c1c(C)c(-c2cc(N)ccc2Cc2ccc(F)cc2F)cn1C)CN1CCCN(C)CC1.CSF. The van der Waals surface area contributed by atoms with Gasteiger partial charge in [0.25, 0.3) is 0 Å². The number of nitrogens with zero attached hydrogens (tertiary/aromatic N) is 3. The van der Waals surface area contributed by atoms with Crippen molar-refractivity contribution in [1.29, 1.82) is 0 Å². The van der Waals surface area contributed by atoms with Gasteiger partial charge in [-0.15, -0.1) is 0 Å². The van der Waals surface area contributed by atoms with Crippen LogP contribution in [-0.2, 0) is 13.5 Å². The first-order valence-corrected chi connectivity index (χ1v) is 14.0. The Labute approximate surface area is 229 Å². The fraction of sp³-hybridized carbons (Fsp3) is 0.400. The summed E-state index contributed by atoms with van der Waals surface area (Å²) in [6.07, 6.45) is 7.33. The molecule has 4 nitrogen and oxygen atoms in total. The lowest BCUT2D eigenvalue weighted by Gasteiger charge is -2.20. The van der Waals surface area contributed by atoms with Crippen LogP contribution in [0.25, 0.3) is 17.2 Å². The van der Waals surface area contributed by atoms with Crippen LogP contribution in [0.3, 0.4) is 0 Å². The zero-order valence-corrected chi connectivity index (χ0v) is 23.8. The zero-order chi connectivity index (χ0) is 27.8. The molecule has 0 spiro atoms. The summed E-state index contributed by atoms with van der Waals surface area (Å²) in [6, 6.07) is 9.48. The number of hydrogen-bond acceptors (Lipinski definition) is 4. The van der Waals surface area contributed by atoms with E-state index in [1.165, 1.54) is 30.4 Å². The van der Waals surface area contributed by atoms with Crippen LogP contribution < -0.4 is 5.73 Å². The van der Waals surface area contributed by atoms with Crippen molar-refractivity contribution < 1.29 is 12.7 Å². The van der Waals surface area contributed by atoms with Crippen molar-refractivity contribution in [2.24, 2.45) is 7.05 Å². The summed E-state index contributed by atoms with van der Waals surface area (Å²) in [7, 11) is 4.25. The van der Waals surface area contributed by atoms with Gasteiger partial charge in [-0.25, -0.2) is 8.78 Å². The number of hydrogen-bond donors (Lipinski definition) is 1. The van der Waals surface area contributed by atoms with Crippen molar-refractivity contribution >= 4 is 23.9 Å². The van der Waals surface area contributed by atoms with Crippen molar-refractivity contribution in [3.63, 3.8) is 0 Å². The van der Waals surface area contributed by atoms with Gasteiger partial charge in [0.15, 0.2) is 0 Å². The Morgan fingerprint density at radius 3 is 2.42 bits per heavy atom. The van der Waals surface area contributed by atoms with E-state index in [1.54, 1.807) is 0 Å². The minimum Gasteiger partial charge on any atom is -0.399 e. The Morgan fingerprint density at radius 2 is 1.71 bits per heavy atom. The minimum atomic E-state index is -0.568. The first kappa shape index (κ1) is 29.9. The van der Waals surface area contributed by atoms with Gasteiger partial charge >= 0.3 is 0 Å². The summed E-state index contributed by atoms with van der Waals surface area (Å²) >= 11 is 0.250. The third-order valence-corrected chi connectivity index (χ3v) is 6.98. The molecule has 3 aromatic rings. The van der Waals surface area contributed by atoms with E-state index in [0.29, 0.717) is 17.7 Å². The fourth-order valence-electron chi connectivity index (χ4n) is 5.00. The molecule has 0 radical (unpaired) electrons. The molecule has 4 rings (SSSR count). The van der Waals surface area contributed by atoms with Gasteiger partial charge in [0.1, 0.15) is 11.6 Å². The number of nitrogens with two attached hydrogens (primary N) is 1. The Kier molecular flexibility index (Phi) is 10.9. The highest BCUT2D eigenvalue weighted by molar-refractivity contribution is 7.93. The van der Waals surface area contributed by atoms with E-state index < -0.39 is 11.6 Å². The number of rotatable bonds is 6. The molecule has 0 saturated carbocycles. The highest BCUT2D eigenvalue weighted by Gasteiger charge is 2.17. The second-order valence-electron chi connectivity index (χ2n) is 10.1. The van der Waals surface area contributed by atoms with Crippen LogP contribution in [0.15, 0.2) is 48.2 Å². The van der Waals surface area contributed by atoms with E-state index in [0.717, 1.165) is 66.7 Å². The summed E-state index contributed by atoms with van der Waals surface area (Å²) in [5, 5.41) is 0. The molecule has 1 aliphatic rings. The van der Waals surface area contributed by atoms with Crippen LogP contribution in [-0.4, -0.2) is 60.4 Å². The van der Waals surface area contributed by atoms with Gasteiger partial charge in [-0.3, -0.25) is 4.90 Å². The molecule has 0 aliphatic carbocycles. The van der Waals surface area contributed by atoms with Crippen LogP contribution in [0.5, 0.6) is 0 Å². The maximum atomic E-state index is 14.4. The summed E-state index contributed by atoms with van der Waals surface area (Å²) in [5.41, 5.74) is 13.9. The summed E-state index contributed by atoms with van der Waals surface area (Å²) in [5.74, 6) is -1.10. The van der Waals surface area contributed by atoms with Crippen LogP contribution in [0, 0.1) is 18.6 Å². The van der Waals surface area contributed by atoms with Crippen molar-refractivity contribution in [1.82, 2.24) is 14.4 Å². The molecule has 8 heteroatoms. The van der Waals surface area contributed by atoms with E-state index in [4.69, 9.17) is 5.73 Å². The van der Waals surface area contributed by atoms with Crippen LogP contribution >= 0.6 is 12.1 Å². The quantitative estimate of drug-likeness (QED) is 0.349. The van der Waals surface area contributed by atoms with E-state index in [-0.39, 0.29) is 12.1 Å². The molecule has 2 aromatic carbocycles. The molecule has 38 heavy (non-hydrogen) atoms. The molecule has 0 atom stereocenters. The number of aryl methyl sites for hydroxylation is 1. The highest BCUT2D eigenvalue weighted by Crippen LogP contribution is 2.34. The van der Waals surface area contributed by atoms with Gasteiger partial charge in [0.05, 0.1) is 0 Å². The molecule has 206 valence electrons. The fourth-order valence-corrected chi connectivity index (χ4v) is 5.00.